The third-order valence-corrected chi connectivity index (χ3v) is 4.21. The van der Waals surface area contributed by atoms with Gasteiger partial charge in [0.2, 0.25) is 5.91 Å². The number of rotatable bonds is 9. The fourth-order valence-electron chi connectivity index (χ4n) is 2.73. The molecule has 0 spiro atoms. The zero-order valence-corrected chi connectivity index (χ0v) is 20.0. The number of hydrogen-bond donors (Lipinski definition) is 3. The first-order chi connectivity index (χ1) is 14.0. The molecule has 0 fully saturated rings. The van der Waals surface area contributed by atoms with Gasteiger partial charge in [0.25, 0.3) is 0 Å². The second-order valence-corrected chi connectivity index (χ2v) is 6.55. The first kappa shape index (κ1) is 25.7. The maximum Gasteiger partial charge on any atom is 0.224 e. The second kappa shape index (κ2) is 13.8. The summed E-state index contributed by atoms with van der Waals surface area (Å²) in [6, 6.07) is 12.0. The van der Waals surface area contributed by atoms with E-state index < -0.39 is 0 Å². The molecular formula is C22H30FIN4O2. The highest BCUT2D eigenvalue weighted by Gasteiger charge is 2.06. The fraction of sp³-hybridized carbons (Fsp3) is 0.364. The number of carbonyl (C=O) groups excluding carboxylic acids is 1. The van der Waals surface area contributed by atoms with E-state index in [0.29, 0.717) is 32.2 Å². The summed E-state index contributed by atoms with van der Waals surface area (Å²) in [5.74, 6) is 1.09. The van der Waals surface area contributed by atoms with Gasteiger partial charge in [0.05, 0.1) is 13.0 Å². The summed E-state index contributed by atoms with van der Waals surface area (Å²) >= 11 is 0. The van der Waals surface area contributed by atoms with E-state index in [1.165, 1.54) is 12.1 Å². The van der Waals surface area contributed by atoms with Crippen LogP contribution in [0, 0.1) is 12.7 Å². The van der Waals surface area contributed by atoms with Crippen LogP contribution in [0.25, 0.3) is 0 Å². The lowest BCUT2D eigenvalue weighted by atomic mass is 10.1. The normalized spacial score (nSPS) is 10.7. The Hall–Kier alpha value is -2.36. The van der Waals surface area contributed by atoms with E-state index in [4.69, 9.17) is 4.74 Å². The molecule has 0 aliphatic rings. The monoisotopic (exact) mass is 528 g/mol. The van der Waals surface area contributed by atoms with Crippen molar-refractivity contribution >= 4 is 35.8 Å². The van der Waals surface area contributed by atoms with E-state index in [1.807, 2.05) is 32.0 Å². The smallest absolute Gasteiger partial charge is 0.224 e. The number of aryl methyl sites for hydroxylation is 1. The molecule has 0 radical (unpaired) electrons. The number of nitrogens with zero attached hydrogens (tertiary/aromatic N) is 1. The Kier molecular flexibility index (Phi) is 11.8. The molecule has 2 rings (SSSR count). The van der Waals surface area contributed by atoms with Gasteiger partial charge in [-0.05, 0) is 43.2 Å². The highest BCUT2D eigenvalue weighted by Crippen LogP contribution is 2.20. The molecule has 0 aliphatic heterocycles. The average Bonchev–Trinajstić information content (AvgIpc) is 2.70. The van der Waals surface area contributed by atoms with Crippen LogP contribution in [0.2, 0.25) is 0 Å². The molecule has 2 aromatic carbocycles. The quantitative estimate of drug-likeness (QED) is 0.202. The molecule has 6 nitrogen and oxygen atoms in total. The number of amides is 1. The summed E-state index contributed by atoms with van der Waals surface area (Å²) in [7, 11) is 1.70. The molecule has 3 N–H and O–H groups in total. The number of hydrogen-bond acceptors (Lipinski definition) is 3. The molecule has 1 amide bonds. The predicted molar refractivity (Wildman–Crippen MR) is 129 cm³/mol. The maximum atomic E-state index is 12.9. The highest BCUT2D eigenvalue weighted by atomic mass is 127. The van der Waals surface area contributed by atoms with Gasteiger partial charge in [0.15, 0.2) is 5.96 Å². The number of ether oxygens (including phenoxy) is 1. The predicted octanol–water partition coefficient (Wildman–Crippen LogP) is 3.17. The van der Waals surface area contributed by atoms with Crippen molar-refractivity contribution in [2.24, 2.45) is 4.99 Å². The van der Waals surface area contributed by atoms with Gasteiger partial charge in [-0.25, -0.2) is 4.39 Å². The van der Waals surface area contributed by atoms with Gasteiger partial charge in [-0.3, -0.25) is 9.79 Å². The Balaban J connectivity index is 0.00000450. The number of carbonyl (C=O) groups is 1. The number of guanidine groups is 1. The molecule has 0 aromatic heterocycles. The van der Waals surface area contributed by atoms with Crippen LogP contribution >= 0.6 is 24.0 Å². The molecule has 0 bridgehead atoms. The second-order valence-electron chi connectivity index (χ2n) is 6.55. The molecule has 0 aliphatic carbocycles. The summed E-state index contributed by atoms with van der Waals surface area (Å²) in [6.45, 7) is 6.17. The van der Waals surface area contributed by atoms with E-state index in [1.54, 1.807) is 19.2 Å². The van der Waals surface area contributed by atoms with Gasteiger partial charge >= 0.3 is 0 Å². The van der Waals surface area contributed by atoms with Crippen molar-refractivity contribution in [2.75, 3.05) is 26.7 Å². The summed E-state index contributed by atoms with van der Waals surface area (Å²) < 4.78 is 18.6. The van der Waals surface area contributed by atoms with Crippen molar-refractivity contribution in [3.05, 3.63) is 65.0 Å². The Labute approximate surface area is 194 Å². The first-order valence-corrected chi connectivity index (χ1v) is 9.69. The molecule has 2 aromatic rings. The fourth-order valence-corrected chi connectivity index (χ4v) is 2.73. The van der Waals surface area contributed by atoms with Crippen LogP contribution in [-0.2, 0) is 17.8 Å². The molecule has 164 valence electrons. The third-order valence-electron chi connectivity index (χ3n) is 4.21. The van der Waals surface area contributed by atoms with Crippen LogP contribution in [-0.4, -0.2) is 38.6 Å². The molecule has 0 atom stereocenters. The van der Waals surface area contributed by atoms with Gasteiger partial charge < -0.3 is 20.7 Å². The van der Waals surface area contributed by atoms with E-state index in [9.17, 15) is 9.18 Å². The number of nitrogens with one attached hydrogen (secondary N) is 3. The average molecular weight is 528 g/mol. The summed E-state index contributed by atoms with van der Waals surface area (Å²) in [4.78, 5) is 16.2. The SMILES string of the molecule is CCOc1cc(C)ccc1CNC(=NC)NCCNC(=O)Cc1ccc(F)cc1.I. The lowest BCUT2D eigenvalue weighted by Gasteiger charge is -2.15. The maximum absolute atomic E-state index is 12.9. The van der Waals surface area contributed by atoms with E-state index in [-0.39, 0.29) is 42.1 Å². The van der Waals surface area contributed by atoms with Gasteiger partial charge in [-0.2, -0.15) is 0 Å². The first-order valence-electron chi connectivity index (χ1n) is 9.69. The van der Waals surface area contributed by atoms with Gasteiger partial charge in [-0.15, -0.1) is 24.0 Å². The number of benzene rings is 2. The molecular weight excluding hydrogens is 498 g/mol. The summed E-state index contributed by atoms with van der Waals surface area (Å²) in [6.07, 6.45) is 0.223. The van der Waals surface area contributed by atoms with Crippen molar-refractivity contribution in [1.29, 1.82) is 0 Å². The summed E-state index contributed by atoms with van der Waals surface area (Å²) in [5, 5.41) is 9.24. The van der Waals surface area contributed by atoms with E-state index >= 15 is 0 Å². The lowest BCUT2D eigenvalue weighted by Crippen LogP contribution is -2.41. The molecule has 0 saturated heterocycles. The van der Waals surface area contributed by atoms with Crippen LogP contribution in [0.1, 0.15) is 23.6 Å². The molecule has 30 heavy (non-hydrogen) atoms. The highest BCUT2D eigenvalue weighted by molar-refractivity contribution is 14.0. The molecule has 0 unspecified atom stereocenters. The van der Waals surface area contributed by atoms with Gasteiger partial charge in [0.1, 0.15) is 11.6 Å². The third kappa shape index (κ3) is 8.98. The van der Waals surface area contributed by atoms with Crippen molar-refractivity contribution in [1.82, 2.24) is 16.0 Å². The minimum Gasteiger partial charge on any atom is -0.494 e. The standard InChI is InChI=1S/C22H29FN4O2.HI/c1-4-29-20-13-16(2)5-8-18(20)15-27-22(24-3)26-12-11-25-21(28)14-17-6-9-19(23)10-7-17;/h5-10,13H,4,11-12,14-15H2,1-3H3,(H,25,28)(H2,24,26,27);1H. The van der Waals surface area contributed by atoms with Crippen LogP contribution in [0.3, 0.4) is 0 Å². The zero-order valence-electron chi connectivity index (χ0n) is 17.6. The Bertz CT molecular complexity index is 828. The molecule has 0 heterocycles. The van der Waals surface area contributed by atoms with Crippen molar-refractivity contribution in [3.8, 4) is 5.75 Å². The van der Waals surface area contributed by atoms with Crippen LogP contribution < -0.4 is 20.7 Å². The van der Waals surface area contributed by atoms with Crippen molar-refractivity contribution in [3.63, 3.8) is 0 Å². The van der Waals surface area contributed by atoms with Gasteiger partial charge in [0, 0.05) is 32.2 Å². The van der Waals surface area contributed by atoms with Crippen molar-refractivity contribution < 1.29 is 13.9 Å². The Morgan fingerprint density at radius 3 is 2.43 bits per heavy atom. The summed E-state index contributed by atoms with van der Waals surface area (Å²) in [5.41, 5.74) is 2.97. The Morgan fingerprint density at radius 1 is 1.07 bits per heavy atom. The minimum atomic E-state index is -0.309. The van der Waals surface area contributed by atoms with Gasteiger partial charge in [-0.1, -0.05) is 24.3 Å². The minimum absolute atomic E-state index is 0. The van der Waals surface area contributed by atoms with Crippen LogP contribution in [0.15, 0.2) is 47.5 Å². The van der Waals surface area contributed by atoms with E-state index in [2.05, 4.69) is 20.9 Å². The largest absolute Gasteiger partial charge is 0.494 e. The zero-order chi connectivity index (χ0) is 21.1. The van der Waals surface area contributed by atoms with Crippen LogP contribution in [0.4, 0.5) is 4.39 Å². The van der Waals surface area contributed by atoms with Crippen molar-refractivity contribution in [2.45, 2.75) is 26.8 Å². The van der Waals surface area contributed by atoms with Crippen LogP contribution in [0.5, 0.6) is 5.75 Å². The van der Waals surface area contributed by atoms with E-state index in [0.717, 1.165) is 22.4 Å². The molecule has 0 saturated carbocycles. The Morgan fingerprint density at radius 2 is 1.77 bits per heavy atom. The topological polar surface area (TPSA) is 74.8 Å². The molecule has 8 heteroatoms. The number of halogens is 2. The lowest BCUT2D eigenvalue weighted by molar-refractivity contribution is -0.120. The number of aliphatic imine (C=N–C) groups is 1.